The summed E-state index contributed by atoms with van der Waals surface area (Å²) in [4.78, 5) is 22.7. The van der Waals surface area contributed by atoms with Crippen LogP contribution in [0, 0.1) is 0 Å². The quantitative estimate of drug-likeness (QED) is 0.107. The molecular formula is C35H57N5O7. The number of rotatable bonds is 29. The third-order valence-electron chi connectivity index (χ3n) is 7.69. The van der Waals surface area contributed by atoms with Gasteiger partial charge in [0.2, 0.25) is 0 Å². The minimum absolute atomic E-state index is 0.132. The van der Waals surface area contributed by atoms with Crippen molar-refractivity contribution in [2.45, 2.75) is 58.9 Å². The molecule has 0 unspecified atom stereocenters. The lowest BCUT2D eigenvalue weighted by Crippen LogP contribution is -2.25. The smallest absolute Gasteiger partial charge is 0.152 e. The molecule has 1 aromatic carbocycles. The zero-order valence-corrected chi connectivity index (χ0v) is 28.9. The predicted molar refractivity (Wildman–Crippen MR) is 185 cm³/mol. The monoisotopic (exact) mass is 659 g/mol. The molecule has 0 atom stereocenters. The summed E-state index contributed by atoms with van der Waals surface area (Å²) in [6.07, 6.45) is 5.77. The van der Waals surface area contributed by atoms with Crippen LogP contribution in [0.15, 0.2) is 24.3 Å². The second-order valence-electron chi connectivity index (χ2n) is 11.6. The van der Waals surface area contributed by atoms with Gasteiger partial charge in [0.25, 0.3) is 0 Å². The van der Waals surface area contributed by atoms with Gasteiger partial charge in [-0.05, 0) is 45.8 Å². The highest BCUT2D eigenvalue weighted by Crippen LogP contribution is 2.29. The number of fused-ring (bicyclic) bond motifs is 3. The number of anilines is 1. The van der Waals surface area contributed by atoms with Gasteiger partial charge in [-0.15, -0.1) is 0 Å². The molecular weight excluding hydrogens is 602 g/mol. The number of nitrogen functional groups attached to an aromatic ring is 1. The number of likely N-dealkylation sites (N-methyl/N-ethyl adjacent to an activating group) is 1. The van der Waals surface area contributed by atoms with Crippen LogP contribution in [0.5, 0.6) is 0 Å². The molecule has 0 spiro atoms. The molecule has 2 aromatic heterocycles. The molecule has 3 aromatic rings. The average Bonchev–Trinajstić information content (AvgIpc) is 3.43. The predicted octanol–water partition coefficient (Wildman–Crippen LogP) is 4.30. The van der Waals surface area contributed by atoms with E-state index in [0.29, 0.717) is 91.5 Å². The van der Waals surface area contributed by atoms with Gasteiger partial charge in [-0.25, -0.2) is 9.97 Å². The van der Waals surface area contributed by atoms with Gasteiger partial charge in [-0.3, -0.25) is 4.79 Å². The number of ether oxygens (including phenoxy) is 6. The zero-order chi connectivity index (χ0) is 33.5. The highest BCUT2D eigenvalue weighted by atomic mass is 16.6. The summed E-state index contributed by atoms with van der Waals surface area (Å²) in [5.74, 6) is 1.75. The fourth-order valence-electron chi connectivity index (χ4n) is 5.07. The van der Waals surface area contributed by atoms with E-state index < -0.39 is 0 Å². The summed E-state index contributed by atoms with van der Waals surface area (Å²) in [6, 6.07) is 8.20. The third kappa shape index (κ3) is 14.9. The SMILES string of the molecule is CCCCc1nc2c(N)nc3ccccc3c2n1CCCCN(C)CCOCCOCCOCCOCCOCCOCCC(C)=O. The number of carbonyl (C=O) groups is 1. The Kier molecular flexibility index (Phi) is 19.4. The number of para-hydroxylation sites is 1. The topological polar surface area (TPSA) is 132 Å². The largest absolute Gasteiger partial charge is 0.382 e. The van der Waals surface area contributed by atoms with Gasteiger partial charge in [0.1, 0.15) is 17.1 Å². The van der Waals surface area contributed by atoms with Crippen molar-refractivity contribution in [2.24, 2.45) is 0 Å². The highest BCUT2D eigenvalue weighted by Gasteiger charge is 2.17. The molecule has 0 bridgehead atoms. The Morgan fingerprint density at radius 1 is 0.766 bits per heavy atom. The maximum atomic E-state index is 10.8. The van der Waals surface area contributed by atoms with Crippen molar-refractivity contribution in [3.8, 4) is 0 Å². The Bertz CT molecular complexity index is 1290. The number of benzene rings is 1. The first-order valence-electron chi connectivity index (χ1n) is 17.2. The minimum Gasteiger partial charge on any atom is -0.382 e. The maximum absolute atomic E-state index is 10.8. The van der Waals surface area contributed by atoms with Crippen molar-refractivity contribution in [1.82, 2.24) is 19.4 Å². The molecule has 264 valence electrons. The zero-order valence-electron chi connectivity index (χ0n) is 28.9. The Balaban J connectivity index is 1.16. The second kappa shape index (κ2) is 23.6. The lowest BCUT2D eigenvalue weighted by Gasteiger charge is -2.17. The van der Waals surface area contributed by atoms with Gasteiger partial charge in [0.05, 0.1) is 90.3 Å². The standard InChI is InChI=1S/C35H57N5O7/c1-4-5-12-32-38-33-34(30-10-6-7-11-31(30)37-35(33)36)40(32)15-9-8-14-39(3)16-18-43-20-22-45-24-26-47-28-27-46-25-23-44-21-19-42-17-13-29(2)41/h6-7,10-11H,4-5,8-9,12-28H2,1-3H3,(H2,36,37). The number of unbranched alkanes of at least 4 members (excludes halogenated alkanes) is 2. The van der Waals surface area contributed by atoms with E-state index >= 15 is 0 Å². The summed E-state index contributed by atoms with van der Waals surface area (Å²) >= 11 is 0. The van der Waals surface area contributed by atoms with Crippen LogP contribution in [-0.2, 0) is 46.2 Å². The first kappa shape index (κ1) is 38.7. The lowest BCUT2D eigenvalue weighted by atomic mass is 10.1. The summed E-state index contributed by atoms with van der Waals surface area (Å²) in [6.45, 7) is 12.9. The Labute approximate surface area is 280 Å². The highest BCUT2D eigenvalue weighted by molar-refractivity contribution is 6.06. The average molecular weight is 660 g/mol. The summed E-state index contributed by atoms with van der Waals surface area (Å²) in [5.41, 5.74) is 9.20. The van der Waals surface area contributed by atoms with Crippen LogP contribution < -0.4 is 5.73 Å². The normalized spacial score (nSPS) is 11.8. The van der Waals surface area contributed by atoms with Crippen LogP contribution in [0.25, 0.3) is 21.9 Å². The number of hydrogen-bond acceptors (Lipinski definition) is 11. The molecule has 0 aliphatic carbocycles. The number of pyridine rings is 1. The van der Waals surface area contributed by atoms with E-state index in [1.807, 2.05) is 12.1 Å². The number of aryl methyl sites for hydroxylation is 2. The summed E-state index contributed by atoms with van der Waals surface area (Å²) < 4.78 is 35.4. The van der Waals surface area contributed by atoms with Crippen LogP contribution in [0.1, 0.15) is 51.8 Å². The van der Waals surface area contributed by atoms with E-state index in [9.17, 15) is 4.79 Å². The van der Waals surface area contributed by atoms with Crippen molar-refractivity contribution in [2.75, 3.05) is 105 Å². The van der Waals surface area contributed by atoms with Gasteiger partial charge in [0.15, 0.2) is 5.82 Å². The number of hydrogen-bond donors (Lipinski definition) is 1. The van der Waals surface area contributed by atoms with E-state index in [2.05, 4.69) is 40.6 Å². The number of nitrogens with two attached hydrogens (primary N) is 1. The van der Waals surface area contributed by atoms with Crippen molar-refractivity contribution in [3.63, 3.8) is 0 Å². The third-order valence-corrected chi connectivity index (χ3v) is 7.69. The van der Waals surface area contributed by atoms with Gasteiger partial charge >= 0.3 is 0 Å². The van der Waals surface area contributed by atoms with E-state index in [1.54, 1.807) is 6.92 Å². The van der Waals surface area contributed by atoms with Gasteiger partial charge in [0, 0.05) is 31.3 Å². The number of nitrogens with zero attached hydrogens (tertiary/aromatic N) is 4. The van der Waals surface area contributed by atoms with Crippen molar-refractivity contribution < 1.29 is 33.2 Å². The van der Waals surface area contributed by atoms with Crippen LogP contribution in [0.3, 0.4) is 0 Å². The molecule has 2 N–H and O–H groups in total. The first-order chi connectivity index (χ1) is 23.0. The van der Waals surface area contributed by atoms with E-state index in [-0.39, 0.29) is 5.78 Å². The van der Waals surface area contributed by atoms with Gasteiger partial charge < -0.3 is 43.6 Å². The lowest BCUT2D eigenvalue weighted by molar-refractivity contribution is -0.118. The Morgan fingerprint density at radius 3 is 1.94 bits per heavy atom. The molecule has 0 saturated heterocycles. The first-order valence-corrected chi connectivity index (χ1v) is 17.2. The van der Waals surface area contributed by atoms with Crippen molar-refractivity contribution in [3.05, 3.63) is 30.1 Å². The van der Waals surface area contributed by atoms with Crippen molar-refractivity contribution >= 4 is 33.5 Å². The number of ketones is 1. The number of carbonyl (C=O) groups excluding carboxylic acids is 1. The fraction of sp³-hybridized carbons (Fsp3) is 0.686. The van der Waals surface area contributed by atoms with Crippen molar-refractivity contribution in [1.29, 1.82) is 0 Å². The molecule has 3 rings (SSSR count). The molecule has 47 heavy (non-hydrogen) atoms. The molecule has 0 aliphatic rings. The number of imidazole rings is 1. The molecule has 0 aliphatic heterocycles. The minimum atomic E-state index is 0.132. The molecule has 12 nitrogen and oxygen atoms in total. The van der Waals surface area contributed by atoms with E-state index in [0.717, 1.165) is 79.5 Å². The molecule has 0 amide bonds. The summed E-state index contributed by atoms with van der Waals surface area (Å²) in [5, 5.41) is 1.11. The summed E-state index contributed by atoms with van der Waals surface area (Å²) in [7, 11) is 2.14. The van der Waals surface area contributed by atoms with Crippen LogP contribution >= 0.6 is 0 Å². The molecule has 12 heteroatoms. The number of aromatic nitrogens is 3. The Morgan fingerprint density at radius 2 is 1.34 bits per heavy atom. The van der Waals surface area contributed by atoms with Crippen LogP contribution in [0.4, 0.5) is 5.82 Å². The second-order valence-corrected chi connectivity index (χ2v) is 11.6. The van der Waals surface area contributed by atoms with Gasteiger partial charge in [-0.1, -0.05) is 31.5 Å². The van der Waals surface area contributed by atoms with Gasteiger partial charge in [-0.2, -0.15) is 0 Å². The molecule has 2 heterocycles. The molecule has 0 radical (unpaired) electrons. The molecule has 0 saturated carbocycles. The fourth-order valence-corrected chi connectivity index (χ4v) is 5.07. The Hall–Kier alpha value is -2.71. The van der Waals surface area contributed by atoms with E-state index in [1.165, 1.54) is 0 Å². The van der Waals surface area contributed by atoms with E-state index in [4.69, 9.17) is 39.1 Å². The van der Waals surface area contributed by atoms with Crippen LogP contribution in [-0.4, -0.2) is 125 Å². The molecule has 0 fully saturated rings. The van der Waals surface area contributed by atoms with Crippen LogP contribution in [0.2, 0.25) is 0 Å². The maximum Gasteiger partial charge on any atom is 0.152 e. The number of Topliss-reactive ketones (excluding diaryl/α,β-unsaturated/α-hetero) is 1.